The van der Waals surface area contributed by atoms with Gasteiger partial charge in [-0.05, 0) is 47.3 Å². The molecule has 3 nitrogen and oxygen atoms in total. The zero-order valence-electron chi connectivity index (χ0n) is 9.90. The van der Waals surface area contributed by atoms with Crippen LogP contribution in [0.4, 0.5) is 0 Å². The number of amides is 1. The summed E-state index contributed by atoms with van der Waals surface area (Å²) in [4.78, 5) is 14.2. The van der Waals surface area contributed by atoms with E-state index in [-0.39, 0.29) is 18.6 Å². The van der Waals surface area contributed by atoms with Crippen molar-refractivity contribution in [2.24, 2.45) is 0 Å². The van der Waals surface area contributed by atoms with Gasteiger partial charge >= 0.3 is 0 Å². The molecule has 1 N–H and O–H groups in total. The molecule has 1 aromatic carbocycles. The normalized spacial score (nSPS) is 15.3. The second-order valence-electron chi connectivity index (χ2n) is 4.41. The molecule has 0 radical (unpaired) electrons. The molecule has 1 aromatic rings. The van der Waals surface area contributed by atoms with Crippen LogP contribution >= 0.6 is 27.5 Å². The van der Waals surface area contributed by atoms with E-state index in [1.165, 1.54) is 0 Å². The minimum Gasteiger partial charge on any atom is -0.395 e. The van der Waals surface area contributed by atoms with Crippen molar-refractivity contribution in [3.63, 3.8) is 0 Å². The average Bonchev–Trinajstić information content (AvgIpc) is 2.29. The number of nitrogens with zero attached hydrogens (tertiary/aromatic N) is 1. The number of aliphatic hydroxyl groups excluding tert-OH is 1. The van der Waals surface area contributed by atoms with E-state index in [1.807, 2.05) is 0 Å². The number of aliphatic hydroxyl groups is 1. The van der Waals surface area contributed by atoms with Gasteiger partial charge in [-0.1, -0.05) is 17.7 Å². The third-order valence-corrected chi connectivity index (χ3v) is 4.60. The van der Waals surface area contributed by atoms with Crippen LogP contribution in [0.3, 0.4) is 0 Å². The fraction of sp³-hybridized carbons (Fsp3) is 0.462. The highest BCUT2D eigenvalue weighted by molar-refractivity contribution is 9.10. The van der Waals surface area contributed by atoms with E-state index in [9.17, 15) is 4.79 Å². The SMILES string of the molecule is O=C(c1cccc(Br)c1Cl)N(CCO)C1CCC1. The summed E-state index contributed by atoms with van der Waals surface area (Å²) in [7, 11) is 0. The van der Waals surface area contributed by atoms with Crippen LogP contribution in [0.1, 0.15) is 29.6 Å². The molecule has 0 bridgehead atoms. The third kappa shape index (κ3) is 2.71. The standard InChI is InChI=1S/C13H15BrClNO2/c14-11-6-2-5-10(12(11)15)13(18)16(7-8-17)9-3-1-4-9/h2,5-6,9,17H,1,3-4,7-8H2. The van der Waals surface area contributed by atoms with Crippen LogP contribution in [-0.4, -0.2) is 35.1 Å². The van der Waals surface area contributed by atoms with Gasteiger partial charge in [0, 0.05) is 17.1 Å². The van der Waals surface area contributed by atoms with Crippen LogP contribution in [0.5, 0.6) is 0 Å². The number of hydrogen-bond acceptors (Lipinski definition) is 2. The molecule has 1 saturated carbocycles. The molecule has 0 aliphatic heterocycles. The molecule has 1 aliphatic carbocycles. The quantitative estimate of drug-likeness (QED) is 0.920. The highest BCUT2D eigenvalue weighted by atomic mass is 79.9. The first-order valence-electron chi connectivity index (χ1n) is 6.01. The minimum absolute atomic E-state index is 0.0200. The molecule has 5 heteroatoms. The molecule has 0 spiro atoms. The van der Waals surface area contributed by atoms with E-state index in [0.29, 0.717) is 21.6 Å². The predicted octanol–water partition coefficient (Wildman–Crippen LogP) is 3.09. The maximum atomic E-state index is 12.5. The molecular weight excluding hydrogens is 318 g/mol. The lowest BCUT2D eigenvalue weighted by Gasteiger charge is -2.37. The molecule has 1 fully saturated rings. The summed E-state index contributed by atoms with van der Waals surface area (Å²) >= 11 is 9.46. The lowest BCUT2D eigenvalue weighted by molar-refractivity contribution is 0.0526. The number of halogens is 2. The monoisotopic (exact) mass is 331 g/mol. The summed E-state index contributed by atoms with van der Waals surface area (Å²) < 4.78 is 0.715. The Hall–Kier alpha value is -0.580. The van der Waals surface area contributed by atoms with Gasteiger partial charge in [0.15, 0.2) is 0 Å². The fourth-order valence-electron chi connectivity index (χ4n) is 2.08. The number of carbonyl (C=O) groups is 1. The first-order chi connectivity index (χ1) is 8.65. The molecule has 2 rings (SSSR count). The van der Waals surface area contributed by atoms with Crippen molar-refractivity contribution in [3.05, 3.63) is 33.3 Å². The Morgan fingerprint density at radius 1 is 1.50 bits per heavy atom. The van der Waals surface area contributed by atoms with Crippen molar-refractivity contribution in [1.29, 1.82) is 0 Å². The molecule has 0 atom stereocenters. The van der Waals surface area contributed by atoms with Crippen LogP contribution in [0.2, 0.25) is 5.02 Å². The number of hydrogen-bond donors (Lipinski definition) is 1. The molecule has 98 valence electrons. The van der Waals surface area contributed by atoms with Gasteiger partial charge < -0.3 is 10.0 Å². The summed E-state index contributed by atoms with van der Waals surface area (Å²) in [5.74, 6) is -0.0972. The lowest BCUT2D eigenvalue weighted by atomic mass is 9.91. The summed E-state index contributed by atoms with van der Waals surface area (Å²) in [6.07, 6.45) is 3.17. The Balaban J connectivity index is 2.24. The van der Waals surface area contributed by atoms with E-state index in [1.54, 1.807) is 23.1 Å². The molecule has 0 saturated heterocycles. The number of rotatable bonds is 4. The highest BCUT2D eigenvalue weighted by Gasteiger charge is 2.30. The van der Waals surface area contributed by atoms with Crippen molar-refractivity contribution in [2.75, 3.05) is 13.2 Å². The minimum atomic E-state index is -0.0972. The number of benzene rings is 1. The predicted molar refractivity (Wildman–Crippen MR) is 74.9 cm³/mol. The van der Waals surface area contributed by atoms with E-state index in [0.717, 1.165) is 19.3 Å². The van der Waals surface area contributed by atoms with Crippen molar-refractivity contribution in [2.45, 2.75) is 25.3 Å². The van der Waals surface area contributed by atoms with Gasteiger partial charge in [0.05, 0.1) is 17.2 Å². The second kappa shape index (κ2) is 6.04. The Morgan fingerprint density at radius 3 is 2.78 bits per heavy atom. The zero-order chi connectivity index (χ0) is 13.1. The largest absolute Gasteiger partial charge is 0.395 e. The topological polar surface area (TPSA) is 40.5 Å². The van der Waals surface area contributed by atoms with Gasteiger partial charge in [0.1, 0.15) is 0 Å². The van der Waals surface area contributed by atoms with Crippen LogP contribution in [-0.2, 0) is 0 Å². The third-order valence-electron chi connectivity index (χ3n) is 3.30. The summed E-state index contributed by atoms with van der Waals surface area (Å²) in [6.45, 7) is 0.347. The van der Waals surface area contributed by atoms with Gasteiger partial charge in [-0.15, -0.1) is 0 Å². The van der Waals surface area contributed by atoms with Crippen LogP contribution in [0.25, 0.3) is 0 Å². The second-order valence-corrected chi connectivity index (χ2v) is 5.64. The molecular formula is C13H15BrClNO2. The summed E-state index contributed by atoms with van der Waals surface area (Å²) in [5, 5.41) is 9.52. The first-order valence-corrected chi connectivity index (χ1v) is 7.18. The summed E-state index contributed by atoms with van der Waals surface area (Å²) in [6, 6.07) is 5.57. The molecule has 18 heavy (non-hydrogen) atoms. The molecule has 0 aromatic heterocycles. The van der Waals surface area contributed by atoms with Crippen molar-refractivity contribution < 1.29 is 9.90 Å². The van der Waals surface area contributed by atoms with E-state index in [4.69, 9.17) is 16.7 Å². The summed E-state index contributed by atoms with van der Waals surface area (Å²) in [5.41, 5.74) is 0.492. The number of carbonyl (C=O) groups excluding carboxylic acids is 1. The molecule has 0 heterocycles. The maximum absolute atomic E-state index is 12.5. The zero-order valence-corrected chi connectivity index (χ0v) is 12.2. The van der Waals surface area contributed by atoms with Crippen LogP contribution in [0, 0.1) is 0 Å². The first kappa shape index (κ1) is 13.8. The van der Waals surface area contributed by atoms with Gasteiger partial charge in [0.2, 0.25) is 0 Å². The van der Waals surface area contributed by atoms with Gasteiger partial charge in [0.25, 0.3) is 5.91 Å². The van der Waals surface area contributed by atoms with Gasteiger partial charge in [-0.2, -0.15) is 0 Å². The highest BCUT2D eigenvalue weighted by Crippen LogP contribution is 2.30. The van der Waals surface area contributed by atoms with Crippen molar-refractivity contribution in [1.82, 2.24) is 4.90 Å². The fourth-order valence-corrected chi connectivity index (χ4v) is 2.65. The molecule has 1 aliphatic rings. The van der Waals surface area contributed by atoms with Crippen molar-refractivity contribution >= 4 is 33.4 Å². The molecule has 0 unspecified atom stereocenters. The van der Waals surface area contributed by atoms with Crippen LogP contribution in [0.15, 0.2) is 22.7 Å². The van der Waals surface area contributed by atoms with E-state index < -0.39 is 0 Å². The Labute approximate surface area is 120 Å². The molecule has 1 amide bonds. The smallest absolute Gasteiger partial charge is 0.255 e. The average molecular weight is 333 g/mol. The van der Waals surface area contributed by atoms with Crippen LogP contribution < -0.4 is 0 Å². The lowest BCUT2D eigenvalue weighted by Crippen LogP contribution is -2.45. The Kier molecular flexibility index (Phi) is 4.65. The van der Waals surface area contributed by atoms with E-state index in [2.05, 4.69) is 15.9 Å². The maximum Gasteiger partial charge on any atom is 0.255 e. The Bertz CT molecular complexity index is 449. The van der Waals surface area contributed by atoms with Gasteiger partial charge in [-0.25, -0.2) is 0 Å². The van der Waals surface area contributed by atoms with E-state index >= 15 is 0 Å². The van der Waals surface area contributed by atoms with Crippen molar-refractivity contribution in [3.8, 4) is 0 Å². The van der Waals surface area contributed by atoms with Gasteiger partial charge in [-0.3, -0.25) is 4.79 Å². The Morgan fingerprint density at radius 2 is 2.22 bits per heavy atom.